The monoisotopic (exact) mass is 390 g/mol. The molecule has 5 nitrogen and oxygen atoms in total. The number of carbonyl (C=O) groups is 1. The molecular formula is C19H26N4OS2. The van der Waals surface area contributed by atoms with Gasteiger partial charge in [0.2, 0.25) is 5.91 Å². The molecule has 0 spiro atoms. The van der Waals surface area contributed by atoms with Crippen LogP contribution in [0.3, 0.4) is 0 Å². The van der Waals surface area contributed by atoms with E-state index in [0.29, 0.717) is 23.9 Å². The molecule has 140 valence electrons. The van der Waals surface area contributed by atoms with Crippen molar-refractivity contribution in [1.82, 2.24) is 19.7 Å². The van der Waals surface area contributed by atoms with E-state index in [1.807, 2.05) is 0 Å². The molecule has 26 heavy (non-hydrogen) atoms. The van der Waals surface area contributed by atoms with E-state index in [1.165, 1.54) is 24.1 Å². The van der Waals surface area contributed by atoms with Crippen LogP contribution >= 0.6 is 23.1 Å². The quantitative estimate of drug-likeness (QED) is 0.696. The summed E-state index contributed by atoms with van der Waals surface area (Å²) in [5.41, 5.74) is 0. The topological polar surface area (TPSA) is 51.0 Å². The number of amides is 1. The van der Waals surface area contributed by atoms with E-state index in [-0.39, 0.29) is 5.91 Å². The van der Waals surface area contributed by atoms with Gasteiger partial charge in [0.05, 0.1) is 5.75 Å². The van der Waals surface area contributed by atoms with Gasteiger partial charge in [-0.25, -0.2) is 0 Å². The summed E-state index contributed by atoms with van der Waals surface area (Å²) in [6, 6.07) is 5.44. The number of hydrogen-bond acceptors (Lipinski definition) is 5. The third-order valence-electron chi connectivity index (χ3n) is 5.37. The summed E-state index contributed by atoms with van der Waals surface area (Å²) in [7, 11) is 0. The Morgan fingerprint density at radius 1 is 1.23 bits per heavy atom. The molecule has 1 aliphatic carbocycles. The molecule has 7 heteroatoms. The Kier molecular flexibility index (Phi) is 5.36. The van der Waals surface area contributed by atoms with Gasteiger partial charge in [0, 0.05) is 29.4 Å². The van der Waals surface area contributed by atoms with Gasteiger partial charge in [-0.05, 0) is 57.4 Å². The van der Waals surface area contributed by atoms with Crippen LogP contribution < -0.4 is 0 Å². The van der Waals surface area contributed by atoms with Gasteiger partial charge >= 0.3 is 0 Å². The van der Waals surface area contributed by atoms with Gasteiger partial charge in [-0.15, -0.1) is 21.5 Å². The van der Waals surface area contributed by atoms with Crippen molar-refractivity contribution in [2.45, 2.75) is 75.7 Å². The Morgan fingerprint density at radius 2 is 2.00 bits per heavy atom. The highest BCUT2D eigenvalue weighted by Gasteiger charge is 2.32. The lowest BCUT2D eigenvalue weighted by atomic mass is 9.98. The van der Waals surface area contributed by atoms with Crippen LogP contribution in [0.5, 0.6) is 0 Å². The molecule has 0 bridgehead atoms. The van der Waals surface area contributed by atoms with Crippen LogP contribution in [0.1, 0.15) is 62.7 Å². The van der Waals surface area contributed by atoms with Gasteiger partial charge in [0.25, 0.3) is 0 Å². The van der Waals surface area contributed by atoms with Gasteiger partial charge in [-0.1, -0.05) is 17.8 Å². The highest BCUT2D eigenvalue weighted by molar-refractivity contribution is 7.99. The van der Waals surface area contributed by atoms with Crippen LogP contribution in [0.15, 0.2) is 22.7 Å². The van der Waals surface area contributed by atoms with Crippen molar-refractivity contribution in [3.8, 4) is 0 Å². The molecule has 2 atom stereocenters. The van der Waals surface area contributed by atoms with Gasteiger partial charge < -0.3 is 9.47 Å². The smallest absolute Gasteiger partial charge is 0.233 e. The van der Waals surface area contributed by atoms with Crippen LogP contribution in [0, 0.1) is 0 Å². The summed E-state index contributed by atoms with van der Waals surface area (Å²) in [5.74, 6) is 1.72. The second kappa shape index (κ2) is 7.72. The van der Waals surface area contributed by atoms with Gasteiger partial charge in [-0.2, -0.15) is 0 Å². The van der Waals surface area contributed by atoms with E-state index in [0.717, 1.165) is 30.2 Å². The zero-order valence-electron chi connectivity index (χ0n) is 15.4. The average molecular weight is 391 g/mol. The van der Waals surface area contributed by atoms with Gasteiger partial charge in [-0.3, -0.25) is 4.79 Å². The number of piperidine rings is 1. The van der Waals surface area contributed by atoms with E-state index < -0.39 is 0 Å². The third kappa shape index (κ3) is 3.83. The number of hydrogen-bond donors (Lipinski definition) is 0. The normalized spacial score (nSPS) is 23.4. The number of thiophene rings is 1. The molecule has 3 heterocycles. The maximum absolute atomic E-state index is 12.8. The standard InChI is InChI=1S/C19H26N4OS2/c1-13-5-3-6-14(2)22(13)18(24)12-26-19-21-20-17(23(19)15-8-9-15)11-16-7-4-10-25-16/h4,7,10,13-15H,3,5-6,8-9,11-12H2,1-2H3/t13-,14+. The van der Waals surface area contributed by atoms with Gasteiger partial charge in [0.15, 0.2) is 5.16 Å². The van der Waals surface area contributed by atoms with Gasteiger partial charge in [0.1, 0.15) is 5.82 Å². The zero-order valence-corrected chi connectivity index (χ0v) is 17.1. The molecule has 1 aliphatic heterocycles. The molecule has 2 aromatic rings. The van der Waals surface area contributed by atoms with E-state index in [2.05, 4.69) is 51.0 Å². The number of aromatic nitrogens is 3. The molecular weight excluding hydrogens is 364 g/mol. The maximum Gasteiger partial charge on any atom is 0.233 e. The minimum absolute atomic E-state index is 0.236. The van der Waals surface area contributed by atoms with E-state index in [1.54, 1.807) is 23.1 Å². The Labute approximate surface area is 163 Å². The summed E-state index contributed by atoms with van der Waals surface area (Å²) in [6.45, 7) is 4.34. The first-order valence-corrected chi connectivity index (χ1v) is 11.4. The average Bonchev–Trinajstić information content (AvgIpc) is 3.16. The second-order valence-corrected chi connectivity index (χ2v) is 9.45. The number of likely N-dealkylation sites (tertiary alicyclic amines) is 1. The fourth-order valence-electron chi connectivity index (χ4n) is 3.91. The molecule has 0 unspecified atom stereocenters. The molecule has 1 amide bonds. The van der Waals surface area contributed by atoms with E-state index in [4.69, 9.17) is 0 Å². The Balaban J connectivity index is 1.45. The molecule has 0 aromatic carbocycles. The van der Waals surface area contributed by atoms with Crippen molar-refractivity contribution in [3.05, 3.63) is 28.2 Å². The number of rotatable bonds is 6. The zero-order chi connectivity index (χ0) is 18.1. The van der Waals surface area contributed by atoms with Crippen molar-refractivity contribution < 1.29 is 4.79 Å². The minimum Gasteiger partial charge on any atom is -0.337 e. The van der Waals surface area contributed by atoms with Crippen molar-refractivity contribution in [2.75, 3.05) is 5.75 Å². The molecule has 0 N–H and O–H groups in total. The van der Waals surface area contributed by atoms with Crippen LogP contribution in [0.25, 0.3) is 0 Å². The van der Waals surface area contributed by atoms with Crippen LogP contribution in [-0.4, -0.2) is 43.4 Å². The summed E-state index contributed by atoms with van der Waals surface area (Å²) >= 11 is 3.31. The molecule has 2 fully saturated rings. The Bertz CT molecular complexity index is 744. The van der Waals surface area contributed by atoms with Crippen LogP contribution in [-0.2, 0) is 11.2 Å². The highest BCUT2D eigenvalue weighted by atomic mass is 32.2. The summed E-state index contributed by atoms with van der Waals surface area (Å²) < 4.78 is 2.28. The van der Waals surface area contributed by atoms with Crippen molar-refractivity contribution in [3.63, 3.8) is 0 Å². The first kappa shape index (κ1) is 18.0. The molecule has 1 saturated heterocycles. The van der Waals surface area contributed by atoms with E-state index >= 15 is 0 Å². The summed E-state index contributed by atoms with van der Waals surface area (Å²) in [4.78, 5) is 16.2. The maximum atomic E-state index is 12.8. The first-order chi connectivity index (χ1) is 12.6. The van der Waals surface area contributed by atoms with Crippen molar-refractivity contribution in [2.24, 2.45) is 0 Å². The Morgan fingerprint density at radius 3 is 2.65 bits per heavy atom. The highest BCUT2D eigenvalue weighted by Crippen LogP contribution is 2.39. The molecule has 2 aliphatic rings. The van der Waals surface area contributed by atoms with Crippen LogP contribution in [0.2, 0.25) is 0 Å². The van der Waals surface area contributed by atoms with E-state index in [9.17, 15) is 4.79 Å². The second-order valence-electron chi connectivity index (χ2n) is 7.47. The lowest BCUT2D eigenvalue weighted by molar-refractivity contribution is -0.134. The molecule has 0 radical (unpaired) electrons. The largest absolute Gasteiger partial charge is 0.337 e. The SMILES string of the molecule is C[C@@H]1CCC[C@H](C)N1C(=O)CSc1nnc(Cc2cccs2)n1C1CC1. The fourth-order valence-corrected chi connectivity index (χ4v) is 5.50. The summed E-state index contributed by atoms with van der Waals surface area (Å²) in [5, 5.41) is 11.9. The molecule has 4 rings (SSSR count). The lowest BCUT2D eigenvalue weighted by Crippen LogP contribution is -2.48. The van der Waals surface area contributed by atoms with Crippen molar-refractivity contribution in [1.29, 1.82) is 0 Å². The fraction of sp³-hybridized carbons (Fsp3) is 0.632. The third-order valence-corrected chi connectivity index (χ3v) is 7.17. The number of thioether (sulfide) groups is 1. The van der Waals surface area contributed by atoms with Crippen LogP contribution in [0.4, 0.5) is 0 Å². The Hall–Kier alpha value is -1.34. The minimum atomic E-state index is 0.236. The lowest BCUT2D eigenvalue weighted by Gasteiger charge is -2.39. The molecule has 1 saturated carbocycles. The number of nitrogens with zero attached hydrogens (tertiary/aromatic N) is 4. The first-order valence-electron chi connectivity index (χ1n) is 9.53. The molecule has 2 aromatic heterocycles. The number of carbonyl (C=O) groups excluding carboxylic acids is 1. The predicted molar refractivity (Wildman–Crippen MR) is 106 cm³/mol. The summed E-state index contributed by atoms with van der Waals surface area (Å²) in [6.07, 6.45) is 6.67. The van der Waals surface area contributed by atoms with Crippen molar-refractivity contribution >= 4 is 29.0 Å². The predicted octanol–water partition coefficient (Wildman–Crippen LogP) is 4.15.